The normalized spacial score (nSPS) is 11.8. The van der Waals surface area contributed by atoms with Crippen LogP contribution in [0.5, 0.6) is 0 Å². The number of anilines is 2. The molecule has 0 heterocycles. The third kappa shape index (κ3) is 5.34. The molecule has 0 saturated heterocycles. The molecule has 0 amide bonds. The summed E-state index contributed by atoms with van der Waals surface area (Å²) < 4.78 is 0. The first-order valence-corrected chi connectivity index (χ1v) is 10.9. The molecule has 0 aromatic heterocycles. The van der Waals surface area contributed by atoms with Gasteiger partial charge in [-0.2, -0.15) is 0 Å². The fourth-order valence-corrected chi connectivity index (χ4v) is 3.93. The summed E-state index contributed by atoms with van der Waals surface area (Å²) in [5.74, 6) is -0.599. The molecule has 1 aliphatic rings. The number of thiol groups is 2. The van der Waals surface area contributed by atoms with Gasteiger partial charge in [0.15, 0.2) is 11.6 Å². The van der Waals surface area contributed by atoms with Crippen LogP contribution in [0.25, 0.3) is 0 Å². The van der Waals surface area contributed by atoms with Crippen molar-refractivity contribution in [1.82, 2.24) is 0 Å². The highest BCUT2D eigenvalue weighted by atomic mass is 32.1. The summed E-state index contributed by atoms with van der Waals surface area (Å²) in [7, 11) is 0. The number of hydrogen-bond acceptors (Lipinski definition) is 8. The lowest BCUT2D eigenvalue weighted by Gasteiger charge is -2.24. The van der Waals surface area contributed by atoms with E-state index in [4.69, 9.17) is 10.2 Å². The molecule has 0 saturated carbocycles. The maximum atomic E-state index is 13.1. The highest BCUT2D eigenvalue weighted by Gasteiger charge is 2.34. The number of fused-ring (bicyclic) bond motifs is 2. The van der Waals surface area contributed by atoms with E-state index < -0.39 is 0 Å². The van der Waals surface area contributed by atoms with Crippen molar-refractivity contribution in [2.45, 2.75) is 9.79 Å². The van der Waals surface area contributed by atoms with Gasteiger partial charge in [-0.05, 0) is 24.3 Å². The number of carbonyl (C=O) groups is 2. The van der Waals surface area contributed by atoms with Crippen LogP contribution in [-0.2, 0) is 0 Å². The Labute approximate surface area is 197 Å². The quantitative estimate of drug-likeness (QED) is 0.242. The second kappa shape index (κ2) is 11.2. The van der Waals surface area contributed by atoms with Crippen molar-refractivity contribution in [2.24, 2.45) is 0 Å². The van der Waals surface area contributed by atoms with Gasteiger partial charge in [-0.3, -0.25) is 9.59 Å². The number of hydrogen-bond donors (Lipinski definition) is 6. The zero-order valence-corrected chi connectivity index (χ0v) is 19.0. The predicted octanol–water partition coefficient (Wildman–Crippen LogP) is 3.53. The average Bonchev–Trinajstić information content (AvgIpc) is 2.80. The zero-order chi connectivity index (χ0) is 23.1. The van der Waals surface area contributed by atoms with Gasteiger partial charge in [0.25, 0.3) is 0 Å². The molecule has 0 spiro atoms. The molecule has 4 N–H and O–H groups in total. The number of aliphatic hydroxyl groups excluding tert-OH is 2. The van der Waals surface area contributed by atoms with Crippen molar-refractivity contribution in [3.05, 3.63) is 82.9 Å². The second-order valence-electron chi connectivity index (χ2n) is 6.95. The smallest absolute Gasteiger partial charge is 0.196 e. The molecular formula is C24H24N2O4S2. The summed E-state index contributed by atoms with van der Waals surface area (Å²) in [5.41, 5.74) is 1.96. The molecule has 0 atom stereocenters. The zero-order valence-electron chi connectivity index (χ0n) is 17.2. The van der Waals surface area contributed by atoms with Crippen molar-refractivity contribution in [2.75, 3.05) is 36.9 Å². The SMILES string of the molecule is O=C1c2cc(S)cc(NCCO)c2C(=O)c2cc(S)cc(NCCO)c21.c1ccccc1. The highest BCUT2D eigenvalue weighted by molar-refractivity contribution is 7.80. The molecular weight excluding hydrogens is 444 g/mol. The van der Waals surface area contributed by atoms with E-state index in [0.29, 0.717) is 21.2 Å². The molecule has 4 rings (SSSR count). The van der Waals surface area contributed by atoms with E-state index >= 15 is 0 Å². The Balaban J connectivity index is 0.000000416. The van der Waals surface area contributed by atoms with E-state index in [2.05, 4.69) is 35.9 Å². The summed E-state index contributed by atoms with van der Waals surface area (Å²) in [6.07, 6.45) is 0. The first kappa shape index (κ1) is 23.9. The van der Waals surface area contributed by atoms with E-state index in [9.17, 15) is 9.59 Å². The Morgan fingerprint density at radius 3 is 1.28 bits per heavy atom. The molecule has 0 radical (unpaired) electrons. The van der Waals surface area contributed by atoms with E-state index in [-0.39, 0.29) is 60.1 Å². The van der Waals surface area contributed by atoms with Crippen LogP contribution >= 0.6 is 25.3 Å². The molecule has 32 heavy (non-hydrogen) atoms. The molecule has 1 aliphatic carbocycles. The number of ketones is 2. The van der Waals surface area contributed by atoms with Gasteiger partial charge in [-0.25, -0.2) is 0 Å². The van der Waals surface area contributed by atoms with Crippen molar-refractivity contribution < 1.29 is 19.8 Å². The average molecular weight is 469 g/mol. The number of benzene rings is 3. The van der Waals surface area contributed by atoms with E-state index in [1.54, 1.807) is 24.3 Å². The minimum Gasteiger partial charge on any atom is -0.395 e. The van der Waals surface area contributed by atoms with Crippen LogP contribution in [0.1, 0.15) is 31.8 Å². The van der Waals surface area contributed by atoms with Gasteiger partial charge >= 0.3 is 0 Å². The van der Waals surface area contributed by atoms with Crippen molar-refractivity contribution >= 4 is 48.2 Å². The number of rotatable bonds is 6. The summed E-state index contributed by atoms with van der Waals surface area (Å²) in [4.78, 5) is 27.3. The maximum Gasteiger partial charge on any atom is 0.196 e. The Hall–Kier alpha value is -2.78. The Morgan fingerprint density at radius 1 is 0.625 bits per heavy atom. The molecule has 166 valence electrons. The number of carbonyl (C=O) groups excluding carboxylic acids is 2. The van der Waals surface area contributed by atoms with Gasteiger partial charge in [-0.1, -0.05) is 36.4 Å². The lowest BCUT2D eigenvalue weighted by Crippen LogP contribution is -2.25. The molecule has 0 fully saturated rings. The van der Waals surface area contributed by atoms with E-state index in [1.165, 1.54) is 0 Å². The molecule has 6 nitrogen and oxygen atoms in total. The lowest BCUT2D eigenvalue weighted by molar-refractivity contribution is 0.0979. The van der Waals surface area contributed by atoms with E-state index in [0.717, 1.165) is 0 Å². The summed E-state index contributed by atoms with van der Waals surface area (Å²) in [6.45, 7) is 0.266. The first-order valence-electron chi connectivity index (χ1n) is 10.0. The van der Waals surface area contributed by atoms with Crippen LogP contribution in [0, 0.1) is 0 Å². The Morgan fingerprint density at radius 2 is 0.969 bits per heavy atom. The molecule has 3 aromatic rings. The van der Waals surface area contributed by atoms with Gasteiger partial charge in [0.05, 0.1) is 24.3 Å². The topological polar surface area (TPSA) is 98.7 Å². The first-order chi connectivity index (χ1) is 15.5. The number of aliphatic hydroxyl groups is 2. The Bertz CT molecular complexity index is 1020. The molecule has 3 aromatic carbocycles. The van der Waals surface area contributed by atoms with Crippen LogP contribution in [0.15, 0.2) is 70.5 Å². The van der Waals surface area contributed by atoms with Crippen LogP contribution in [-0.4, -0.2) is 48.1 Å². The summed E-state index contributed by atoms with van der Waals surface area (Å²) in [6, 6.07) is 18.4. The fourth-order valence-electron chi connectivity index (χ4n) is 3.42. The van der Waals surface area contributed by atoms with Gasteiger partial charge < -0.3 is 20.8 Å². The lowest BCUT2D eigenvalue weighted by atomic mass is 9.82. The summed E-state index contributed by atoms with van der Waals surface area (Å²) in [5, 5.41) is 24.1. The predicted molar refractivity (Wildman–Crippen MR) is 132 cm³/mol. The molecule has 0 bridgehead atoms. The third-order valence-electron chi connectivity index (χ3n) is 4.71. The van der Waals surface area contributed by atoms with Crippen molar-refractivity contribution in [3.8, 4) is 0 Å². The maximum absolute atomic E-state index is 13.1. The van der Waals surface area contributed by atoms with Crippen LogP contribution in [0.2, 0.25) is 0 Å². The minimum absolute atomic E-state index is 0.111. The van der Waals surface area contributed by atoms with Crippen LogP contribution < -0.4 is 10.6 Å². The van der Waals surface area contributed by atoms with Crippen LogP contribution in [0.4, 0.5) is 11.4 Å². The van der Waals surface area contributed by atoms with Gasteiger partial charge in [0, 0.05) is 45.4 Å². The van der Waals surface area contributed by atoms with Crippen LogP contribution in [0.3, 0.4) is 0 Å². The molecule has 0 unspecified atom stereocenters. The Kier molecular flexibility index (Phi) is 8.35. The standard InChI is InChI=1S/C18H18N2O4S2.C6H6/c21-3-1-19-13-7-9(25)5-11-15(13)17(23)12-6-10(26)8-14(20-2-4-22)16(12)18(11)24;1-2-4-6-5-3-1/h5-8,19-22,25-26H,1-4H2;1-6H. The third-order valence-corrected chi connectivity index (χ3v) is 5.23. The van der Waals surface area contributed by atoms with Gasteiger partial charge in [0.1, 0.15) is 0 Å². The summed E-state index contributed by atoms with van der Waals surface area (Å²) >= 11 is 8.64. The number of nitrogens with one attached hydrogen (secondary N) is 2. The monoisotopic (exact) mass is 468 g/mol. The van der Waals surface area contributed by atoms with Gasteiger partial charge in [0.2, 0.25) is 0 Å². The molecule has 0 aliphatic heterocycles. The molecule has 8 heteroatoms. The van der Waals surface area contributed by atoms with Gasteiger partial charge in [-0.15, -0.1) is 25.3 Å². The fraction of sp³-hybridized carbons (Fsp3) is 0.167. The van der Waals surface area contributed by atoms with Crippen molar-refractivity contribution in [3.63, 3.8) is 0 Å². The highest BCUT2D eigenvalue weighted by Crippen LogP contribution is 2.38. The largest absolute Gasteiger partial charge is 0.395 e. The van der Waals surface area contributed by atoms with Crippen molar-refractivity contribution in [1.29, 1.82) is 0 Å². The second-order valence-corrected chi connectivity index (χ2v) is 7.98. The van der Waals surface area contributed by atoms with E-state index in [1.807, 2.05) is 36.4 Å². The minimum atomic E-state index is -0.300.